The van der Waals surface area contributed by atoms with Crippen LogP contribution in [0.25, 0.3) is 0 Å². The van der Waals surface area contributed by atoms with Crippen LogP contribution < -0.4 is 5.32 Å². The van der Waals surface area contributed by atoms with Crippen molar-refractivity contribution in [2.45, 2.75) is 24.8 Å². The van der Waals surface area contributed by atoms with E-state index in [1.807, 2.05) is 0 Å². The highest BCUT2D eigenvalue weighted by Gasteiger charge is 2.35. The van der Waals surface area contributed by atoms with Crippen molar-refractivity contribution in [1.82, 2.24) is 4.90 Å². The summed E-state index contributed by atoms with van der Waals surface area (Å²) >= 11 is 0. The van der Waals surface area contributed by atoms with E-state index in [1.54, 1.807) is 12.1 Å². The first-order valence-corrected chi connectivity index (χ1v) is 10.1. The molecule has 1 aromatic carbocycles. The molecule has 1 saturated heterocycles. The zero-order valence-corrected chi connectivity index (χ0v) is 15.5. The molecule has 2 amide bonds. The van der Waals surface area contributed by atoms with Crippen molar-refractivity contribution in [1.29, 1.82) is 0 Å². The summed E-state index contributed by atoms with van der Waals surface area (Å²) < 4.78 is 43.0. The van der Waals surface area contributed by atoms with Crippen molar-refractivity contribution in [3.63, 3.8) is 0 Å². The minimum atomic E-state index is -3.72. The summed E-state index contributed by atoms with van der Waals surface area (Å²) in [5.74, 6) is -1.62. The number of nitrogens with one attached hydrogen (secondary N) is 1. The summed E-state index contributed by atoms with van der Waals surface area (Å²) in [6.45, 7) is 1.90. The molecule has 0 spiro atoms. The quantitative estimate of drug-likeness (QED) is 0.810. The fourth-order valence-electron chi connectivity index (χ4n) is 2.94. The predicted molar refractivity (Wildman–Crippen MR) is 95.0 cm³/mol. The first-order chi connectivity index (χ1) is 12.8. The summed E-state index contributed by atoms with van der Waals surface area (Å²) in [5.41, 5.74) is 0.0141. The fraction of sp³-hybridized carbons (Fsp3) is 0.333. The van der Waals surface area contributed by atoms with Gasteiger partial charge in [-0.15, -0.1) is 0 Å². The Hall–Kier alpha value is -2.68. The van der Waals surface area contributed by atoms with Gasteiger partial charge in [-0.1, -0.05) is 6.92 Å². The van der Waals surface area contributed by atoms with E-state index in [2.05, 4.69) is 5.32 Å². The molecule has 0 bridgehead atoms. The normalized spacial score (nSPS) is 17.3. The maximum absolute atomic E-state index is 13.5. The van der Waals surface area contributed by atoms with Gasteiger partial charge in [0.05, 0.1) is 35.1 Å². The summed E-state index contributed by atoms with van der Waals surface area (Å²) in [6.07, 6.45) is 1.52. The summed E-state index contributed by atoms with van der Waals surface area (Å²) in [4.78, 5) is 25.9. The largest absolute Gasteiger partial charge is 0.467 e. The van der Waals surface area contributed by atoms with E-state index in [9.17, 15) is 22.4 Å². The topological polar surface area (TPSA) is 96.7 Å². The van der Waals surface area contributed by atoms with Crippen molar-refractivity contribution in [2.24, 2.45) is 5.92 Å². The fourth-order valence-corrected chi connectivity index (χ4v) is 4.00. The minimum absolute atomic E-state index is 0.0141. The molecule has 3 rings (SSSR count). The number of amides is 2. The van der Waals surface area contributed by atoms with Crippen LogP contribution in [0.3, 0.4) is 0 Å². The number of likely N-dealkylation sites (tertiary alicyclic amines) is 1. The third-order valence-electron chi connectivity index (χ3n) is 4.43. The second kappa shape index (κ2) is 7.51. The van der Waals surface area contributed by atoms with Gasteiger partial charge in [-0.25, -0.2) is 12.8 Å². The van der Waals surface area contributed by atoms with Crippen LogP contribution in [0.15, 0.2) is 45.9 Å². The standard InChI is InChI=1S/C18H19FN2O5S/c1-2-27(24,25)16-9-13(19)5-6-15(16)20-18(23)12-8-17(22)21(10-12)11-14-4-3-7-26-14/h3-7,9,12H,2,8,10-11H2,1H3,(H,20,23)/t12-/m1/s1. The Morgan fingerprint density at radius 1 is 1.37 bits per heavy atom. The van der Waals surface area contributed by atoms with E-state index in [0.717, 1.165) is 12.1 Å². The van der Waals surface area contributed by atoms with Gasteiger partial charge in [-0.2, -0.15) is 0 Å². The molecule has 0 radical (unpaired) electrons. The Labute approximate surface area is 156 Å². The van der Waals surface area contributed by atoms with Gasteiger partial charge in [0.15, 0.2) is 9.84 Å². The van der Waals surface area contributed by atoms with E-state index >= 15 is 0 Å². The second-order valence-electron chi connectivity index (χ2n) is 6.29. The number of furan rings is 1. The van der Waals surface area contributed by atoms with Crippen LogP contribution in [-0.2, 0) is 26.0 Å². The van der Waals surface area contributed by atoms with Gasteiger partial charge in [0.25, 0.3) is 0 Å². The molecule has 1 fully saturated rings. The van der Waals surface area contributed by atoms with E-state index in [0.29, 0.717) is 5.76 Å². The molecule has 7 nitrogen and oxygen atoms in total. The van der Waals surface area contributed by atoms with Crippen molar-refractivity contribution < 1.29 is 26.8 Å². The van der Waals surface area contributed by atoms with Crippen LogP contribution in [0, 0.1) is 11.7 Å². The molecule has 9 heteroatoms. The minimum Gasteiger partial charge on any atom is -0.467 e. The van der Waals surface area contributed by atoms with Gasteiger partial charge in [0.2, 0.25) is 11.8 Å². The van der Waals surface area contributed by atoms with Crippen LogP contribution in [0.4, 0.5) is 10.1 Å². The lowest BCUT2D eigenvalue weighted by Gasteiger charge is -2.16. The Morgan fingerprint density at radius 2 is 2.15 bits per heavy atom. The highest BCUT2D eigenvalue weighted by molar-refractivity contribution is 7.91. The molecule has 1 aliphatic heterocycles. The average Bonchev–Trinajstić information content (AvgIpc) is 3.27. The second-order valence-corrected chi connectivity index (χ2v) is 8.53. The lowest BCUT2D eigenvalue weighted by atomic mass is 10.1. The number of rotatable bonds is 6. The Bertz CT molecular complexity index is 956. The molecule has 0 saturated carbocycles. The Kier molecular flexibility index (Phi) is 5.31. The molecular weight excluding hydrogens is 375 g/mol. The van der Waals surface area contributed by atoms with Gasteiger partial charge in [-0.3, -0.25) is 9.59 Å². The smallest absolute Gasteiger partial charge is 0.229 e. The monoisotopic (exact) mass is 394 g/mol. The van der Waals surface area contributed by atoms with Crippen LogP contribution >= 0.6 is 0 Å². The first kappa shape index (κ1) is 19.1. The number of nitrogens with zero attached hydrogens (tertiary/aromatic N) is 1. The maximum atomic E-state index is 13.5. The van der Waals surface area contributed by atoms with Gasteiger partial charge in [0.1, 0.15) is 11.6 Å². The van der Waals surface area contributed by atoms with E-state index < -0.39 is 27.5 Å². The lowest BCUT2D eigenvalue weighted by Crippen LogP contribution is -2.28. The van der Waals surface area contributed by atoms with E-state index in [4.69, 9.17) is 4.42 Å². The molecule has 0 aliphatic carbocycles. The molecule has 2 aromatic rings. The van der Waals surface area contributed by atoms with Crippen molar-refractivity contribution in [3.8, 4) is 0 Å². The number of benzene rings is 1. The number of hydrogen-bond acceptors (Lipinski definition) is 5. The number of hydrogen-bond donors (Lipinski definition) is 1. The third-order valence-corrected chi connectivity index (χ3v) is 6.20. The van der Waals surface area contributed by atoms with E-state index in [1.165, 1.54) is 24.2 Å². The maximum Gasteiger partial charge on any atom is 0.229 e. The number of anilines is 1. The molecule has 1 aliphatic rings. The average molecular weight is 394 g/mol. The van der Waals surface area contributed by atoms with Gasteiger partial charge >= 0.3 is 0 Å². The molecule has 2 heterocycles. The van der Waals surface area contributed by atoms with Crippen LogP contribution in [-0.4, -0.2) is 37.4 Å². The van der Waals surface area contributed by atoms with Gasteiger partial charge < -0.3 is 14.6 Å². The van der Waals surface area contributed by atoms with Crippen molar-refractivity contribution in [3.05, 3.63) is 48.2 Å². The van der Waals surface area contributed by atoms with Crippen LogP contribution in [0.1, 0.15) is 19.1 Å². The molecule has 1 N–H and O–H groups in total. The van der Waals surface area contributed by atoms with Gasteiger partial charge in [0, 0.05) is 13.0 Å². The van der Waals surface area contributed by atoms with Crippen LogP contribution in [0.5, 0.6) is 0 Å². The number of halogens is 1. The zero-order chi connectivity index (χ0) is 19.6. The molecule has 1 aromatic heterocycles. The number of carbonyl (C=O) groups excluding carboxylic acids is 2. The predicted octanol–water partition coefficient (Wildman–Crippen LogP) is 2.20. The number of sulfone groups is 1. The summed E-state index contributed by atoms with van der Waals surface area (Å²) in [5, 5.41) is 2.53. The Balaban J connectivity index is 1.74. The highest BCUT2D eigenvalue weighted by atomic mass is 32.2. The van der Waals surface area contributed by atoms with Crippen molar-refractivity contribution >= 4 is 27.3 Å². The molecule has 144 valence electrons. The Morgan fingerprint density at radius 3 is 2.81 bits per heavy atom. The molecule has 27 heavy (non-hydrogen) atoms. The highest BCUT2D eigenvalue weighted by Crippen LogP contribution is 2.26. The molecule has 1 atom stereocenters. The van der Waals surface area contributed by atoms with Crippen molar-refractivity contribution in [2.75, 3.05) is 17.6 Å². The van der Waals surface area contributed by atoms with E-state index in [-0.39, 0.29) is 41.8 Å². The molecular formula is C18H19FN2O5S. The van der Waals surface area contributed by atoms with Gasteiger partial charge in [-0.05, 0) is 30.3 Å². The molecule has 0 unspecified atom stereocenters. The SMILES string of the molecule is CCS(=O)(=O)c1cc(F)ccc1NC(=O)[C@@H]1CC(=O)N(Cc2ccco2)C1. The lowest BCUT2D eigenvalue weighted by molar-refractivity contribution is -0.128. The third kappa shape index (κ3) is 4.19. The summed E-state index contributed by atoms with van der Waals surface area (Å²) in [6, 6.07) is 6.63. The van der Waals surface area contributed by atoms with Crippen LogP contribution in [0.2, 0.25) is 0 Å². The first-order valence-electron chi connectivity index (χ1n) is 8.43. The summed E-state index contributed by atoms with van der Waals surface area (Å²) in [7, 11) is -3.72. The number of carbonyl (C=O) groups is 2. The zero-order valence-electron chi connectivity index (χ0n) is 14.6.